The topological polar surface area (TPSA) is 228 Å². The lowest BCUT2D eigenvalue weighted by Crippen LogP contribution is -2.01. The Bertz CT molecular complexity index is 922. The number of hydrogen-bond donors (Lipinski definition) is 4. The fraction of sp³-hybridized carbons (Fsp3) is 0. The molecule has 2 aromatic carbocycles. The van der Waals surface area contributed by atoms with Crippen molar-refractivity contribution >= 4 is 31.0 Å². The van der Waals surface area contributed by atoms with Gasteiger partial charge in [-0.05, 0) is 29.7 Å². The molecule has 0 aliphatic carbocycles. The van der Waals surface area contributed by atoms with Gasteiger partial charge in [-0.15, -0.1) is 0 Å². The van der Waals surface area contributed by atoms with Gasteiger partial charge in [-0.3, -0.25) is 0 Å². The summed E-state index contributed by atoms with van der Waals surface area (Å²) < 4.78 is 65.4. The van der Waals surface area contributed by atoms with E-state index in [2.05, 4.69) is 0 Å². The van der Waals surface area contributed by atoms with Gasteiger partial charge in [-0.25, -0.2) is 16.8 Å². The van der Waals surface area contributed by atoms with Crippen molar-refractivity contribution in [3.63, 3.8) is 0 Å². The second kappa shape index (κ2) is 6.04. The van der Waals surface area contributed by atoms with Gasteiger partial charge in [0.05, 0.1) is 4.90 Å². The van der Waals surface area contributed by atoms with Crippen LogP contribution in [0.25, 0.3) is 10.8 Å². The van der Waals surface area contributed by atoms with Crippen LogP contribution >= 0.6 is 0 Å². The maximum atomic E-state index is 10.9. The van der Waals surface area contributed by atoms with Gasteiger partial charge in [-0.1, -0.05) is 0 Å². The zero-order valence-electron chi connectivity index (χ0n) is 11.5. The standard InChI is InChI=1S/C10H8O8S2.2H3N/c11-9-7-2-1-6(19(13,14)15)3-5(7)4-8(10(9)12)20(16,17)18;;/h1-4,11-12H,(H,13,14,15)(H,16,17,18);2*1H3. The summed E-state index contributed by atoms with van der Waals surface area (Å²) in [6, 6.07) is 3.37. The monoisotopic (exact) mass is 354 g/mol. The number of hydrogen-bond acceptors (Lipinski definition) is 8. The van der Waals surface area contributed by atoms with E-state index in [0.29, 0.717) is 6.07 Å². The molecule has 2 rings (SSSR count). The van der Waals surface area contributed by atoms with E-state index in [0.717, 1.165) is 18.2 Å². The Kier molecular flexibility index (Phi) is 5.50. The first-order valence-electron chi connectivity index (χ1n) is 4.92. The Morgan fingerprint density at radius 2 is 1.36 bits per heavy atom. The van der Waals surface area contributed by atoms with Gasteiger partial charge in [-0.2, -0.15) is 0 Å². The van der Waals surface area contributed by atoms with Crippen LogP contribution in [0.4, 0.5) is 0 Å². The molecule has 0 saturated carbocycles. The highest BCUT2D eigenvalue weighted by molar-refractivity contribution is 7.86. The van der Waals surface area contributed by atoms with Crippen LogP contribution in [0.15, 0.2) is 34.1 Å². The molecular weight excluding hydrogens is 340 g/mol. The summed E-state index contributed by atoms with van der Waals surface area (Å²) >= 11 is 0. The second-order valence-electron chi connectivity index (χ2n) is 3.86. The second-order valence-corrected chi connectivity index (χ2v) is 6.59. The van der Waals surface area contributed by atoms with Crippen molar-refractivity contribution in [1.29, 1.82) is 0 Å². The number of phenols is 2. The van der Waals surface area contributed by atoms with E-state index in [1.807, 2.05) is 0 Å². The van der Waals surface area contributed by atoms with E-state index >= 15 is 0 Å². The molecule has 0 radical (unpaired) electrons. The average Bonchev–Trinajstić information content (AvgIpc) is 2.30. The van der Waals surface area contributed by atoms with Crippen molar-refractivity contribution < 1.29 is 36.2 Å². The van der Waals surface area contributed by atoms with E-state index in [-0.39, 0.29) is 23.1 Å². The van der Waals surface area contributed by atoms with Crippen molar-refractivity contribution in [2.24, 2.45) is 0 Å². The van der Waals surface area contributed by atoms with Crippen molar-refractivity contribution in [3.05, 3.63) is 24.3 Å². The molecule has 22 heavy (non-hydrogen) atoms. The summed E-state index contributed by atoms with van der Waals surface area (Å²) in [4.78, 5) is -1.77. The third-order valence-electron chi connectivity index (χ3n) is 2.58. The number of phenolic OH excluding ortho intramolecular Hbond substituents is 2. The quantitative estimate of drug-likeness (QED) is 0.444. The molecule has 0 aliphatic heterocycles. The molecule has 2 aromatic rings. The Labute approximate surface area is 125 Å². The molecule has 12 heteroatoms. The normalized spacial score (nSPS) is 11.5. The van der Waals surface area contributed by atoms with Crippen LogP contribution in [-0.4, -0.2) is 36.2 Å². The fourth-order valence-electron chi connectivity index (χ4n) is 1.68. The zero-order valence-corrected chi connectivity index (χ0v) is 13.1. The van der Waals surface area contributed by atoms with Crippen LogP contribution in [0.3, 0.4) is 0 Å². The van der Waals surface area contributed by atoms with Crippen LogP contribution in [0, 0.1) is 0 Å². The molecule has 0 saturated heterocycles. The molecular formula is C10H14N2O8S2. The predicted molar refractivity (Wildman–Crippen MR) is 75.2 cm³/mol. The van der Waals surface area contributed by atoms with Gasteiger partial charge in [0.1, 0.15) is 25.1 Å². The van der Waals surface area contributed by atoms with Crippen molar-refractivity contribution in [1.82, 2.24) is 12.3 Å². The summed E-state index contributed by atoms with van der Waals surface area (Å²) in [6.45, 7) is 0. The third kappa shape index (κ3) is 3.44. The number of quaternary nitrogens is 2. The lowest BCUT2D eigenvalue weighted by molar-refractivity contribution is 0.391. The Morgan fingerprint density at radius 3 is 1.82 bits per heavy atom. The Hall–Kier alpha value is -1.96. The van der Waals surface area contributed by atoms with E-state index < -0.39 is 41.5 Å². The molecule has 0 aliphatic rings. The van der Waals surface area contributed by atoms with Gasteiger partial charge in [0.2, 0.25) is 0 Å². The molecule has 0 bridgehead atoms. The maximum absolute atomic E-state index is 10.9. The first-order valence-corrected chi connectivity index (χ1v) is 7.74. The van der Waals surface area contributed by atoms with E-state index in [1.165, 1.54) is 0 Å². The first-order chi connectivity index (χ1) is 9.01. The lowest BCUT2D eigenvalue weighted by Gasteiger charge is -2.14. The molecule has 124 valence electrons. The largest absolute Gasteiger partial charge is 0.744 e. The van der Waals surface area contributed by atoms with Crippen molar-refractivity contribution in [2.75, 3.05) is 0 Å². The van der Waals surface area contributed by atoms with Crippen LogP contribution < -0.4 is 12.3 Å². The van der Waals surface area contributed by atoms with E-state index in [9.17, 15) is 36.2 Å². The SMILES string of the molecule is O=S(=O)([O-])c1ccc2c(O)c(O)c(S(=O)(=O)[O-])cc2c1.[NH4+].[NH4+]. The van der Waals surface area contributed by atoms with Gasteiger partial charge in [0.15, 0.2) is 11.5 Å². The summed E-state index contributed by atoms with van der Waals surface area (Å²) in [5.74, 6) is -2.03. The summed E-state index contributed by atoms with van der Waals surface area (Å²) in [5, 5.41) is 18.8. The van der Waals surface area contributed by atoms with Crippen LogP contribution in [0.2, 0.25) is 0 Å². The highest BCUT2D eigenvalue weighted by Gasteiger charge is 2.17. The molecule has 0 spiro atoms. The number of fused-ring (bicyclic) bond motifs is 1. The minimum absolute atomic E-state index is 0. The zero-order chi connectivity index (χ0) is 15.3. The van der Waals surface area contributed by atoms with Crippen LogP contribution in [0.5, 0.6) is 11.5 Å². The highest BCUT2D eigenvalue weighted by Crippen LogP contribution is 2.39. The Morgan fingerprint density at radius 1 is 0.818 bits per heavy atom. The smallest absolute Gasteiger partial charge is 0.176 e. The van der Waals surface area contributed by atoms with E-state index in [4.69, 9.17) is 0 Å². The average molecular weight is 354 g/mol. The number of aromatic hydroxyl groups is 2. The summed E-state index contributed by atoms with van der Waals surface area (Å²) in [7, 11) is -9.87. The fourth-order valence-corrected chi connectivity index (χ4v) is 2.79. The summed E-state index contributed by atoms with van der Waals surface area (Å²) in [5.41, 5.74) is 0. The minimum Gasteiger partial charge on any atom is -0.744 e. The number of rotatable bonds is 2. The highest BCUT2D eigenvalue weighted by atomic mass is 32.2. The van der Waals surface area contributed by atoms with Crippen molar-refractivity contribution in [3.8, 4) is 11.5 Å². The predicted octanol–water partition coefficient (Wildman–Crippen LogP) is 0.812. The van der Waals surface area contributed by atoms with Crippen LogP contribution in [-0.2, 0) is 20.2 Å². The summed E-state index contributed by atoms with van der Waals surface area (Å²) in [6.07, 6.45) is 0. The lowest BCUT2D eigenvalue weighted by atomic mass is 10.1. The van der Waals surface area contributed by atoms with Gasteiger partial charge in [0.25, 0.3) is 0 Å². The number of benzene rings is 2. The van der Waals surface area contributed by atoms with Gasteiger partial charge >= 0.3 is 0 Å². The molecule has 0 amide bonds. The first kappa shape index (κ1) is 20.0. The van der Waals surface area contributed by atoms with Gasteiger partial charge < -0.3 is 31.6 Å². The molecule has 0 fully saturated rings. The molecule has 10 nitrogen and oxygen atoms in total. The molecule has 0 atom stereocenters. The van der Waals surface area contributed by atoms with Crippen molar-refractivity contribution in [2.45, 2.75) is 9.79 Å². The minimum atomic E-state index is -5.08. The maximum Gasteiger partial charge on any atom is 0.176 e. The van der Waals surface area contributed by atoms with Crippen LogP contribution in [0.1, 0.15) is 0 Å². The molecule has 0 heterocycles. The molecule has 10 N–H and O–H groups in total. The van der Waals surface area contributed by atoms with E-state index in [1.54, 1.807) is 0 Å². The van der Waals surface area contributed by atoms with Gasteiger partial charge in [0, 0.05) is 5.39 Å². The third-order valence-corrected chi connectivity index (χ3v) is 4.26. The molecule has 0 unspecified atom stereocenters. The Balaban J connectivity index is 0.00000220. The molecule has 0 aromatic heterocycles.